The topological polar surface area (TPSA) is 68.3 Å². The summed E-state index contributed by atoms with van der Waals surface area (Å²) in [6, 6.07) is 1.78. The van der Waals surface area contributed by atoms with Gasteiger partial charge in [-0.1, -0.05) is 44.3 Å². The molecule has 0 aromatic carbocycles. The molecule has 4 nitrogen and oxygen atoms in total. The Morgan fingerprint density at radius 3 is 2.40 bits per heavy atom. The van der Waals surface area contributed by atoms with Crippen LogP contribution < -0.4 is 11.1 Å². The zero-order valence-corrected chi connectivity index (χ0v) is 12.7. The molecule has 20 heavy (non-hydrogen) atoms. The van der Waals surface area contributed by atoms with Gasteiger partial charge < -0.3 is 15.5 Å². The van der Waals surface area contributed by atoms with E-state index in [1.165, 1.54) is 25.5 Å². The Morgan fingerprint density at radius 2 is 1.90 bits per heavy atom. The summed E-state index contributed by atoms with van der Waals surface area (Å²) in [5, 5.41) is 3.04. The van der Waals surface area contributed by atoms with Gasteiger partial charge in [-0.15, -0.1) is 0 Å². The summed E-state index contributed by atoms with van der Waals surface area (Å²) >= 11 is 5.25. The van der Waals surface area contributed by atoms with Crippen molar-refractivity contribution in [3.63, 3.8) is 0 Å². The quantitative estimate of drug-likeness (QED) is 0.841. The van der Waals surface area contributed by atoms with Crippen molar-refractivity contribution in [3.8, 4) is 0 Å². The number of rotatable bonds is 3. The molecule has 0 spiro atoms. The third-order valence-corrected chi connectivity index (χ3v) is 4.49. The Morgan fingerprint density at radius 1 is 1.30 bits per heavy atom. The Hall–Kier alpha value is -1.36. The number of amides is 1. The highest BCUT2D eigenvalue weighted by Crippen LogP contribution is 2.27. The molecule has 1 amide bonds. The monoisotopic (exact) mass is 294 g/mol. The predicted octanol–water partition coefficient (Wildman–Crippen LogP) is 3.09. The van der Waals surface area contributed by atoms with Crippen molar-refractivity contribution in [2.24, 2.45) is 5.73 Å². The lowest BCUT2D eigenvalue weighted by molar-refractivity contribution is 0.0883. The zero-order chi connectivity index (χ0) is 14.6. The summed E-state index contributed by atoms with van der Waals surface area (Å²) in [5.74, 6) is 0.128. The van der Waals surface area contributed by atoms with Gasteiger partial charge in [-0.3, -0.25) is 4.79 Å². The average Bonchev–Trinajstić information content (AvgIpc) is 2.78. The molecule has 3 N–H and O–H groups in total. The molecule has 1 aromatic heterocycles. The number of nitrogens with one attached hydrogen (secondary N) is 1. The molecule has 0 radical (unpaired) electrons. The molecule has 110 valence electrons. The average molecular weight is 294 g/mol. The van der Waals surface area contributed by atoms with E-state index in [0.717, 1.165) is 31.2 Å². The van der Waals surface area contributed by atoms with Crippen LogP contribution in [0.3, 0.4) is 0 Å². The lowest BCUT2D eigenvalue weighted by atomic mass is 9.83. The maximum atomic E-state index is 12.4. The SMILES string of the molecule is Cc1ccoc1C(=O)NC1(C(N)=S)CCCCCCC1. The first-order valence-electron chi connectivity index (χ1n) is 7.22. The first-order chi connectivity index (χ1) is 9.55. The summed E-state index contributed by atoms with van der Waals surface area (Å²) in [5.41, 5.74) is 6.21. The predicted molar refractivity (Wildman–Crippen MR) is 82.7 cm³/mol. The Kier molecular flexibility index (Phi) is 4.81. The van der Waals surface area contributed by atoms with Crippen LogP contribution in [0.1, 0.15) is 61.1 Å². The molecule has 0 aliphatic heterocycles. The van der Waals surface area contributed by atoms with Gasteiger partial charge in [-0.05, 0) is 25.8 Å². The van der Waals surface area contributed by atoms with Crippen molar-refractivity contribution in [2.75, 3.05) is 0 Å². The van der Waals surface area contributed by atoms with E-state index in [1.54, 1.807) is 6.07 Å². The Labute approximate surface area is 125 Å². The van der Waals surface area contributed by atoms with Crippen LogP contribution >= 0.6 is 12.2 Å². The molecule has 1 saturated carbocycles. The summed E-state index contributed by atoms with van der Waals surface area (Å²) in [4.78, 5) is 12.8. The fraction of sp³-hybridized carbons (Fsp3) is 0.600. The maximum absolute atomic E-state index is 12.4. The highest BCUT2D eigenvalue weighted by atomic mass is 32.1. The summed E-state index contributed by atoms with van der Waals surface area (Å²) in [6.45, 7) is 1.85. The van der Waals surface area contributed by atoms with Crippen LogP contribution in [0.4, 0.5) is 0 Å². The first kappa shape index (κ1) is 15.0. The zero-order valence-electron chi connectivity index (χ0n) is 11.9. The van der Waals surface area contributed by atoms with Crippen LogP contribution in [-0.4, -0.2) is 16.4 Å². The highest BCUT2D eigenvalue weighted by Gasteiger charge is 2.36. The highest BCUT2D eigenvalue weighted by molar-refractivity contribution is 7.80. The standard InChI is InChI=1S/C15H22N2O2S/c1-11-7-10-19-12(11)13(18)17-15(14(16)20)8-5-3-2-4-6-9-15/h7,10H,2-6,8-9H2,1H3,(H2,16,20)(H,17,18). The number of hydrogen-bond donors (Lipinski definition) is 2. The third kappa shape index (κ3) is 3.20. The minimum atomic E-state index is -0.563. The smallest absolute Gasteiger partial charge is 0.288 e. The van der Waals surface area contributed by atoms with Gasteiger partial charge in [0, 0.05) is 5.56 Å². The minimum absolute atomic E-state index is 0.221. The number of nitrogens with two attached hydrogens (primary N) is 1. The van der Waals surface area contributed by atoms with E-state index in [0.29, 0.717) is 10.7 Å². The maximum Gasteiger partial charge on any atom is 0.288 e. The van der Waals surface area contributed by atoms with Gasteiger partial charge in [-0.2, -0.15) is 0 Å². The van der Waals surface area contributed by atoms with Gasteiger partial charge in [0.1, 0.15) is 0 Å². The van der Waals surface area contributed by atoms with Gasteiger partial charge in [0.2, 0.25) is 0 Å². The molecule has 0 saturated heterocycles. The van der Waals surface area contributed by atoms with Crippen molar-refractivity contribution in [1.29, 1.82) is 0 Å². The van der Waals surface area contributed by atoms with Crippen LogP contribution in [0, 0.1) is 6.92 Å². The minimum Gasteiger partial charge on any atom is -0.459 e. The van der Waals surface area contributed by atoms with Crippen molar-refractivity contribution >= 4 is 23.1 Å². The van der Waals surface area contributed by atoms with Crippen molar-refractivity contribution in [2.45, 2.75) is 57.4 Å². The largest absolute Gasteiger partial charge is 0.459 e. The molecule has 0 unspecified atom stereocenters. The van der Waals surface area contributed by atoms with E-state index in [4.69, 9.17) is 22.4 Å². The lowest BCUT2D eigenvalue weighted by Gasteiger charge is -2.35. The second-order valence-corrected chi connectivity index (χ2v) is 6.04. The Balaban J connectivity index is 2.17. The van der Waals surface area contributed by atoms with Gasteiger partial charge in [0.25, 0.3) is 5.91 Å². The fourth-order valence-electron chi connectivity index (χ4n) is 2.82. The number of carbonyl (C=O) groups excluding carboxylic acids is 1. The number of aryl methyl sites for hydroxylation is 1. The van der Waals surface area contributed by atoms with Gasteiger partial charge in [-0.25, -0.2) is 0 Å². The number of hydrogen-bond acceptors (Lipinski definition) is 3. The molecule has 1 fully saturated rings. The van der Waals surface area contributed by atoms with E-state index in [-0.39, 0.29) is 5.91 Å². The summed E-state index contributed by atoms with van der Waals surface area (Å²) in [7, 11) is 0. The van der Waals surface area contributed by atoms with E-state index >= 15 is 0 Å². The first-order valence-corrected chi connectivity index (χ1v) is 7.62. The van der Waals surface area contributed by atoms with Gasteiger partial charge >= 0.3 is 0 Å². The number of thiocarbonyl (C=S) groups is 1. The molecule has 0 atom stereocenters. The molecule has 1 aliphatic carbocycles. The van der Waals surface area contributed by atoms with E-state index in [2.05, 4.69) is 5.32 Å². The summed E-state index contributed by atoms with van der Waals surface area (Å²) in [6.07, 6.45) is 8.81. The normalized spacial score (nSPS) is 18.9. The second kappa shape index (κ2) is 6.39. The van der Waals surface area contributed by atoms with Crippen LogP contribution in [0.15, 0.2) is 16.7 Å². The molecule has 2 rings (SSSR count). The van der Waals surface area contributed by atoms with E-state index < -0.39 is 5.54 Å². The van der Waals surface area contributed by atoms with Gasteiger partial charge in [0.15, 0.2) is 5.76 Å². The number of carbonyl (C=O) groups is 1. The lowest BCUT2D eigenvalue weighted by Crippen LogP contribution is -2.57. The summed E-state index contributed by atoms with van der Waals surface area (Å²) < 4.78 is 5.25. The Bertz CT molecular complexity index is 488. The fourth-order valence-corrected chi connectivity index (χ4v) is 3.08. The van der Waals surface area contributed by atoms with Crippen LogP contribution in [0.2, 0.25) is 0 Å². The van der Waals surface area contributed by atoms with Crippen molar-refractivity contribution in [3.05, 3.63) is 23.7 Å². The molecular formula is C15H22N2O2S. The molecule has 1 aliphatic rings. The van der Waals surface area contributed by atoms with Gasteiger partial charge in [0.05, 0.1) is 16.8 Å². The molecular weight excluding hydrogens is 272 g/mol. The van der Waals surface area contributed by atoms with E-state index in [1.807, 2.05) is 6.92 Å². The van der Waals surface area contributed by atoms with E-state index in [9.17, 15) is 4.79 Å². The molecule has 1 aromatic rings. The molecule has 1 heterocycles. The molecule has 0 bridgehead atoms. The molecule has 5 heteroatoms. The van der Waals surface area contributed by atoms with Crippen LogP contribution in [-0.2, 0) is 0 Å². The second-order valence-electron chi connectivity index (χ2n) is 5.60. The van der Waals surface area contributed by atoms with Crippen LogP contribution in [0.5, 0.6) is 0 Å². The third-order valence-electron chi connectivity index (χ3n) is 4.10. The van der Waals surface area contributed by atoms with Crippen LogP contribution in [0.25, 0.3) is 0 Å². The van der Waals surface area contributed by atoms with Crippen molar-refractivity contribution < 1.29 is 9.21 Å². The van der Waals surface area contributed by atoms with Crippen molar-refractivity contribution in [1.82, 2.24) is 5.32 Å². The number of furan rings is 1.